The van der Waals surface area contributed by atoms with Crippen LogP contribution in [0.3, 0.4) is 0 Å². The third kappa shape index (κ3) is 5.16. The summed E-state index contributed by atoms with van der Waals surface area (Å²) in [6.45, 7) is -0.841. The zero-order valence-electron chi connectivity index (χ0n) is 10.7. The number of nitrogen functional groups attached to an aromatic ring is 1. The van der Waals surface area contributed by atoms with Crippen molar-refractivity contribution in [2.75, 3.05) is 17.8 Å². The molecule has 0 fully saturated rings. The van der Waals surface area contributed by atoms with E-state index in [2.05, 4.69) is 4.18 Å². The van der Waals surface area contributed by atoms with Crippen LogP contribution in [0.1, 0.15) is 0 Å². The number of hydrazine groups is 1. The van der Waals surface area contributed by atoms with Gasteiger partial charge < -0.3 is 5.43 Å². The standard InChI is InChI=1S/C8H12N2O9S3/c9-10-7-5-6(1-2-8(7)21(13,14)15)20(11,12)4-3-19-22(16,17)18/h1-2,5,10H,3-4,9H2,(H,13,14,15)(H,16,17,18). The number of hydrogen-bond acceptors (Lipinski definition) is 9. The van der Waals surface area contributed by atoms with E-state index in [-0.39, 0.29) is 5.69 Å². The second-order valence-electron chi connectivity index (χ2n) is 3.85. The van der Waals surface area contributed by atoms with Gasteiger partial charge in [-0.25, -0.2) is 12.6 Å². The third-order valence-electron chi connectivity index (χ3n) is 2.33. The lowest BCUT2D eigenvalue weighted by Gasteiger charge is -2.09. The van der Waals surface area contributed by atoms with Crippen molar-refractivity contribution in [3.05, 3.63) is 18.2 Å². The Morgan fingerprint density at radius 3 is 2.14 bits per heavy atom. The van der Waals surface area contributed by atoms with Crippen molar-refractivity contribution >= 4 is 36.0 Å². The molecular weight excluding hydrogens is 364 g/mol. The third-order valence-corrected chi connectivity index (χ3v) is 5.38. The summed E-state index contributed by atoms with van der Waals surface area (Å²) in [5.74, 6) is 4.26. The normalized spacial score (nSPS) is 13.0. The molecule has 22 heavy (non-hydrogen) atoms. The molecule has 0 atom stereocenters. The first-order valence-corrected chi connectivity index (χ1v) is 9.75. The highest BCUT2D eigenvalue weighted by Gasteiger charge is 2.21. The first kappa shape index (κ1) is 18.8. The van der Waals surface area contributed by atoms with E-state index in [9.17, 15) is 25.3 Å². The van der Waals surface area contributed by atoms with Crippen LogP contribution in [0.15, 0.2) is 28.0 Å². The summed E-state index contributed by atoms with van der Waals surface area (Å²) in [6, 6.07) is 2.53. The largest absolute Gasteiger partial charge is 0.397 e. The molecular formula is C8H12N2O9S3. The fourth-order valence-electron chi connectivity index (χ4n) is 1.41. The Hall–Kier alpha value is -1.29. The summed E-state index contributed by atoms with van der Waals surface area (Å²) in [7, 11) is -13.4. The zero-order chi connectivity index (χ0) is 17.2. The second kappa shape index (κ2) is 6.45. The Morgan fingerprint density at radius 1 is 1.09 bits per heavy atom. The van der Waals surface area contributed by atoms with Crippen LogP contribution in [-0.4, -0.2) is 46.7 Å². The van der Waals surface area contributed by atoms with Crippen molar-refractivity contribution in [3.8, 4) is 0 Å². The maximum Gasteiger partial charge on any atom is 0.397 e. The molecule has 11 nitrogen and oxygen atoms in total. The van der Waals surface area contributed by atoms with Crippen molar-refractivity contribution in [3.63, 3.8) is 0 Å². The smallest absolute Gasteiger partial charge is 0.323 e. The number of sulfone groups is 1. The predicted molar refractivity (Wildman–Crippen MR) is 73.6 cm³/mol. The van der Waals surface area contributed by atoms with E-state index >= 15 is 0 Å². The van der Waals surface area contributed by atoms with Crippen LogP contribution in [0.2, 0.25) is 0 Å². The maximum atomic E-state index is 11.9. The number of hydrogen-bond donors (Lipinski definition) is 4. The molecule has 0 aromatic heterocycles. The van der Waals surface area contributed by atoms with E-state index in [4.69, 9.17) is 14.9 Å². The van der Waals surface area contributed by atoms with Gasteiger partial charge in [0.1, 0.15) is 4.90 Å². The van der Waals surface area contributed by atoms with Crippen LogP contribution in [0.4, 0.5) is 5.69 Å². The van der Waals surface area contributed by atoms with Gasteiger partial charge in [-0.2, -0.15) is 16.8 Å². The lowest BCUT2D eigenvalue weighted by molar-refractivity contribution is 0.284. The molecule has 1 aromatic rings. The number of benzene rings is 1. The fraction of sp³-hybridized carbons (Fsp3) is 0.250. The van der Waals surface area contributed by atoms with Crippen molar-refractivity contribution in [2.24, 2.45) is 5.84 Å². The number of anilines is 1. The highest BCUT2D eigenvalue weighted by molar-refractivity contribution is 7.91. The summed E-state index contributed by atoms with van der Waals surface area (Å²) in [5, 5.41) is 0. The zero-order valence-corrected chi connectivity index (χ0v) is 13.2. The fourth-order valence-corrected chi connectivity index (χ4v) is 3.55. The quantitative estimate of drug-likeness (QED) is 0.254. The van der Waals surface area contributed by atoms with E-state index in [1.165, 1.54) is 0 Å². The Balaban J connectivity index is 3.11. The van der Waals surface area contributed by atoms with Crippen LogP contribution in [-0.2, 0) is 34.5 Å². The van der Waals surface area contributed by atoms with Crippen LogP contribution >= 0.6 is 0 Å². The molecule has 5 N–H and O–H groups in total. The molecule has 0 radical (unpaired) electrons. The van der Waals surface area contributed by atoms with E-state index in [0.29, 0.717) is 0 Å². The summed E-state index contributed by atoms with van der Waals surface area (Å²) < 4.78 is 87.7. The molecule has 0 aliphatic rings. The molecule has 14 heteroatoms. The molecule has 0 aliphatic carbocycles. The van der Waals surface area contributed by atoms with Crippen molar-refractivity contribution in [1.29, 1.82) is 0 Å². The molecule has 0 heterocycles. The van der Waals surface area contributed by atoms with Gasteiger partial charge in [0.2, 0.25) is 0 Å². The van der Waals surface area contributed by atoms with Gasteiger partial charge in [-0.3, -0.25) is 14.9 Å². The van der Waals surface area contributed by atoms with Gasteiger partial charge in [0, 0.05) is 0 Å². The number of nitrogens with two attached hydrogens (primary N) is 1. The van der Waals surface area contributed by atoms with Gasteiger partial charge in [0.05, 0.1) is 22.9 Å². The predicted octanol–water partition coefficient (Wildman–Crippen LogP) is -1.19. The minimum absolute atomic E-state index is 0.376. The van der Waals surface area contributed by atoms with Crippen LogP contribution < -0.4 is 11.3 Å². The van der Waals surface area contributed by atoms with Crippen LogP contribution in [0.25, 0.3) is 0 Å². The molecule has 0 saturated heterocycles. The van der Waals surface area contributed by atoms with Gasteiger partial charge in [-0.05, 0) is 18.2 Å². The molecule has 0 amide bonds. The summed E-state index contributed by atoms with van der Waals surface area (Å²) in [5.41, 5.74) is 1.55. The van der Waals surface area contributed by atoms with Crippen LogP contribution in [0.5, 0.6) is 0 Å². The molecule has 0 aliphatic heterocycles. The Kier molecular flexibility index (Phi) is 5.50. The molecule has 0 spiro atoms. The summed E-state index contributed by atoms with van der Waals surface area (Å²) in [4.78, 5) is -1.03. The van der Waals surface area contributed by atoms with Gasteiger partial charge in [-0.15, -0.1) is 0 Å². The molecule has 0 unspecified atom stereocenters. The summed E-state index contributed by atoms with van der Waals surface area (Å²) in [6.07, 6.45) is 0. The SMILES string of the molecule is NNc1cc(S(=O)(=O)CCOS(=O)(=O)O)ccc1S(=O)(=O)O. The van der Waals surface area contributed by atoms with Crippen molar-refractivity contribution in [1.82, 2.24) is 0 Å². The van der Waals surface area contributed by atoms with Gasteiger partial charge >= 0.3 is 10.4 Å². The number of nitrogens with one attached hydrogen (secondary N) is 1. The minimum Gasteiger partial charge on any atom is -0.323 e. The van der Waals surface area contributed by atoms with Gasteiger partial charge in [-0.1, -0.05) is 0 Å². The Bertz CT molecular complexity index is 858. The molecule has 0 bridgehead atoms. The van der Waals surface area contributed by atoms with Gasteiger partial charge in [0.25, 0.3) is 10.1 Å². The topological polar surface area (TPSA) is 190 Å². The highest BCUT2D eigenvalue weighted by atomic mass is 32.3. The second-order valence-corrected chi connectivity index (χ2v) is 8.44. The molecule has 126 valence electrons. The van der Waals surface area contributed by atoms with E-state index in [1.54, 1.807) is 0 Å². The molecule has 1 rings (SSSR count). The first-order valence-electron chi connectivity index (χ1n) is 5.29. The average Bonchev–Trinajstić information content (AvgIpc) is 2.35. The lowest BCUT2D eigenvalue weighted by atomic mass is 10.3. The summed E-state index contributed by atoms with van der Waals surface area (Å²) >= 11 is 0. The van der Waals surface area contributed by atoms with Crippen molar-refractivity contribution < 1.29 is 38.5 Å². The van der Waals surface area contributed by atoms with E-state index in [1.807, 2.05) is 5.43 Å². The Labute approximate surface area is 126 Å². The lowest BCUT2D eigenvalue weighted by Crippen LogP contribution is -2.17. The minimum atomic E-state index is -4.78. The number of rotatable bonds is 7. The molecule has 1 aromatic carbocycles. The Morgan fingerprint density at radius 2 is 1.68 bits per heavy atom. The van der Waals surface area contributed by atoms with Crippen molar-refractivity contribution in [2.45, 2.75) is 9.79 Å². The highest BCUT2D eigenvalue weighted by Crippen LogP contribution is 2.24. The monoisotopic (exact) mass is 376 g/mol. The molecule has 0 saturated carbocycles. The average molecular weight is 376 g/mol. The van der Waals surface area contributed by atoms with E-state index < -0.39 is 52.5 Å². The van der Waals surface area contributed by atoms with Gasteiger partial charge in [0.15, 0.2) is 9.84 Å². The van der Waals surface area contributed by atoms with E-state index in [0.717, 1.165) is 18.2 Å². The van der Waals surface area contributed by atoms with Crippen LogP contribution in [0, 0.1) is 0 Å². The first-order chi connectivity index (χ1) is 9.87. The maximum absolute atomic E-state index is 11.9.